The Hall–Kier alpha value is -1.31. The van der Waals surface area contributed by atoms with Crippen molar-refractivity contribution in [3.05, 3.63) is 29.6 Å². The van der Waals surface area contributed by atoms with Crippen molar-refractivity contribution in [1.82, 2.24) is 9.29 Å². The molecular formula is C14H22ClN3O3S. The van der Waals surface area contributed by atoms with Crippen molar-refractivity contribution in [3.8, 4) is 0 Å². The van der Waals surface area contributed by atoms with Gasteiger partial charge in [0.1, 0.15) is 15.6 Å². The molecule has 6 nitrogen and oxygen atoms in total. The minimum atomic E-state index is -3.38. The van der Waals surface area contributed by atoms with E-state index < -0.39 is 15.9 Å². The Balaban J connectivity index is 3.24. The van der Waals surface area contributed by atoms with Gasteiger partial charge in [-0.3, -0.25) is 0 Å². The van der Waals surface area contributed by atoms with E-state index in [4.69, 9.17) is 21.1 Å². The third-order valence-corrected chi connectivity index (χ3v) is 5.17. The first-order valence-electron chi connectivity index (χ1n) is 6.86. The molecule has 0 saturated heterocycles. The number of aryl methyl sites for hydroxylation is 1. The van der Waals surface area contributed by atoms with Gasteiger partial charge in [0.2, 0.25) is 0 Å². The van der Waals surface area contributed by atoms with Crippen LogP contribution in [0, 0.1) is 10.7 Å². The van der Waals surface area contributed by atoms with Gasteiger partial charge < -0.3 is 9.30 Å². The lowest BCUT2D eigenvalue weighted by atomic mass is 10.1. The first kappa shape index (κ1) is 18.7. The minimum absolute atomic E-state index is 0.0278. The summed E-state index contributed by atoms with van der Waals surface area (Å²) in [6.45, 7) is 9.41. The number of nitrogens with zero attached hydrogens (tertiary/aromatic N) is 1. The number of carbonyl (C=O) groups is 1. The highest BCUT2D eigenvalue weighted by molar-refractivity contribution is 7.90. The average Bonchev–Trinajstić information content (AvgIpc) is 2.72. The molecule has 0 amide bonds. The number of esters is 1. The van der Waals surface area contributed by atoms with E-state index >= 15 is 0 Å². The predicted molar refractivity (Wildman–Crippen MR) is 87.5 cm³/mol. The van der Waals surface area contributed by atoms with Gasteiger partial charge in [0.05, 0.1) is 16.5 Å². The SMILES string of the molecule is C=CC(NS(=N)(=O)c1cn(C)c(C(=O)OCC)c1Cl)C(C)C. The second-order valence-corrected chi connectivity index (χ2v) is 7.33. The van der Waals surface area contributed by atoms with Gasteiger partial charge in [-0.05, 0) is 12.8 Å². The maximum atomic E-state index is 12.7. The lowest BCUT2D eigenvalue weighted by molar-refractivity contribution is 0.0515. The molecule has 1 aromatic rings. The zero-order chi connectivity index (χ0) is 17.1. The molecule has 1 aromatic heterocycles. The van der Waals surface area contributed by atoms with Crippen molar-refractivity contribution in [2.75, 3.05) is 6.61 Å². The van der Waals surface area contributed by atoms with Crippen LogP contribution in [0.15, 0.2) is 23.7 Å². The summed E-state index contributed by atoms with van der Waals surface area (Å²) in [6, 6.07) is -0.313. The van der Waals surface area contributed by atoms with Crippen molar-refractivity contribution in [2.45, 2.75) is 31.7 Å². The molecule has 0 aliphatic rings. The molecule has 1 heterocycles. The molecule has 0 saturated carbocycles. The van der Waals surface area contributed by atoms with E-state index in [1.54, 1.807) is 20.0 Å². The van der Waals surface area contributed by atoms with Crippen LogP contribution in [0.25, 0.3) is 0 Å². The molecule has 2 atom stereocenters. The summed E-state index contributed by atoms with van der Waals surface area (Å²) >= 11 is 6.16. The Bertz CT molecular complexity index is 665. The Morgan fingerprint density at radius 1 is 1.64 bits per heavy atom. The van der Waals surface area contributed by atoms with Crippen LogP contribution in [0.5, 0.6) is 0 Å². The maximum Gasteiger partial charge on any atom is 0.356 e. The molecule has 124 valence electrons. The monoisotopic (exact) mass is 347 g/mol. The lowest BCUT2D eigenvalue weighted by Crippen LogP contribution is -2.36. The van der Waals surface area contributed by atoms with E-state index in [2.05, 4.69) is 11.3 Å². The van der Waals surface area contributed by atoms with Gasteiger partial charge in [-0.1, -0.05) is 31.5 Å². The number of halogens is 1. The molecule has 0 aliphatic carbocycles. The van der Waals surface area contributed by atoms with E-state index in [1.165, 1.54) is 10.8 Å². The summed E-state index contributed by atoms with van der Waals surface area (Å²) in [7, 11) is -1.79. The second kappa shape index (κ2) is 7.30. The smallest absolute Gasteiger partial charge is 0.356 e. The van der Waals surface area contributed by atoms with Crippen LogP contribution in [-0.2, 0) is 21.7 Å². The van der Waals surface area contributed by atoms with Crippen molar-refractivity contribution in [1.29, 1.82) is 4.78 Å². The molecule has 1 rings (SSSR count). The Labute approximate surface area is 136 Å². The molecule has 8 heteroatoms. The summed E-state index contributed by atoms with van der Waals surface area (Å²) in [5.41, 5.74) is 0.0833. The number of rotatable bonds is 7. The van der Waals surface area contributed by atoms with Crippen LogP contribution >= 0.6 is 11.6 Å². The number of ether oxygens (including phenoxy) is 1. The van der Waals surface area contributed by atoms with Crippen LogP contribution in [0.4, 0.5) is 0 Å². The van der Waals surface area contributed by atoms with Crippen LogP contribution in [0.3, 0.4) is 0 Å². The fourth-order valence-corrected chi connectivity index (χ4v) is 4.03. The quantitative estimate of drug-likeness (QED) is 0.587. The highest BCUT2D eigenvalue weighted by atomic mass is 35.5. The van der Waals surface area contributed by atoms with Crippen molar-refractivity contribution in [3.63, 3.8) is 0 Å². The summed E-state index contributed by atoms with van der Waals surface area (Å²) < 4.78 is 29.9. The fourth-order valence-electron chi connectivity index (χ4n) is 1.91. The minimum Gasteiger partial charge on any atom is -0.461 e. The van der Waals surface area contributed by atoms with Gasteiger partial charge in [-0.25, -0.2) is 18.5 Å². The molecule has 0 radical (unpaired) electrons. The van der Waals surface area contributed by atoms with E-state index in [0.29, 0.717) is 0 Å². The topological polar surface area (TPSA) is 84.2 Å². The molecule has 0 aliphatic heterocycles. The van der Waals surface area contributed by atoms with Crippen molar-refractivity contribution >= 4 is 27.5 Å². The van der Waals surface area contributed by atoms with Crippen LogP contribution in [-0.4, -0.2) is 27.4 Å². The van der Waals surface area contributed by atoms with Gasteiger partial charge in [0, 0.05) is 19.3 Å². The van der Waals surface area contributed by atoms with E-state index in [-0.39, 0.29) is 34.2 Å². The Kier molecular flexibility index (Phi) is 6.22. The van der Waals surface area contributed by atoms with Crippen LogP contribution in [0.2, 0.25) is 5.02 Å². The molecule has 0 spiro atoms. The summed E-state index contributed by atoms with van der Waals surface area (Å²) in [6.07, 6.45) is 3.01. The van der Waals surface area contributed by atoms with Crippen LogP contribution in [0.1, 0.15) is 31.3 Å². The van der Waals surface area contributed by atoms with Crippen LogP contribution < -0.4 is 4.72 Å². The average molecular weight is 348 g/mol. The van der Waals surface area contributed by atoms with Gasteiger partial charge in [0.15, 0.2) is 0 Å². The molecule has 22 heavy (non-hydrogen) atoms. The highest BCUT2D eigenvalue weighted by Gasteiger charge is 2.27. The molecule has 0 aromatic carbocycles. The first-order chi connectivity index (χ1) is 10.2. The predicted octanol–water partition coefficient (Wildman–Crippen LogP) is 2.98. The highest BCUT2D eigenvalue weighted by Crippen LogP contribution is 2.28. The standard InChI is InChI=1S/C14H22ClN3O3S/c1-6-10(9(3)4)17-22(16,20)11-8-18(5)13(12(11)15)14(19)21-7-2/h6,8-10H,1,7H2,2-5H3,(H2,16,17,20). The van der Waals surface area contributed by atoms with Crippen molar-refractivity contribution in [2.24, 2.45) is 13.0 Å². The lowest BCUT2D eigenvalue weighted by Gasteiger charge is -2.20. The maximum absolute atomic E-state index is 12.7. The first-order valence-corrected chi connectivity index (χ1v) is 8.79. The number of hydrogen-bond acceptors (Lipinski definition) is 4. The summed E-state index contributed by atoms with van der Waals surface area (Å²) in [5, 5.41) is -0.0278. The number of carbonyl (C=O) groups excluding carboxylic acids is 1. The number of hydrogen-bond donors (Lipinski definition) is 2. The fraction of sp³-hybridized carbons (Fsp3) is 0.500. The van der Waals surface area contributed by atoms with Crippen molar-refractivity contribution < 1.29 is 13.7 Å². The van der Waals surface area contributed by atoms with E-state index in [9.17, 15) is 9.00 Å². The molecular weight excluding hydrogens is 326 g/mol. The summed E-state index contributed by atoms with van der Waals surface area (Å²) in [4.78, 5) is 12.0. The Morgan fingerprint density at radius 2 is 2.23 bits per heavy atom. The molecule has 0 fully saturated rings. The Morgan fingerprint density at radius 3 is 2.68 bits per heavy atom. The zero-order valence-corrected chi connectivity index (χ0v) is 14.8. The third-order valence-electron chi connectivity index (χ3n) is 3.14. The normalized spacial score (nSPS) is 15.4. The largest absolute Gasteiger partial charge is 0.461 e. The number of aromatic nitrogens is 1. The van der Waals surface area contributed by atoms with Gasteiger partial charge in [-0.2, -0.15) is 0 Å². The molecule has 2 N–H and O–H groups in total. The van der Waals surface area contributed by atoms with Gasteiger partial charge in [-0.15, -0.1) is 6.58 Å². The van der Waals surface area contributed by atoms with E-state index in [1.807, 2.05) is 13.8 Å². The van der Waals surface area contributed by atoms with E-state index in [0.717, 1.165) is 0 Å². The molecule has 2 unspecified atom stereocenters. The number of nitrogens with one attached hydrogen (secondary N) is 2. The summed E-state index contributed by atoms with van der Waals surface area (Å²) in [5.74, 6) is -0.503. The third kappa shape index (κ3) is 3.91. The molecule has 0 bridgehead atoms. The second-order valence-electron chi connectivity index (χ2n) is 5.17. The zero-order valence-electron chi connectivity index (χ0n) is 13.2. The van der Waals surface area contributed by atoms with Gasteiger partial charge in [0.25, 0.3) is 0 Å². The van der Waals surface area contributed by atoms with Gasteiger partial charge >= 0.3 is 5.97 Å².